The van der Waals surface area contributed by atoms with Crippen LogP contribution in [0.1, 0.15) is 24.2 Å². The van der Waals surface area contributed by atoms with Gasteiger partial charge >= 0.3 is 0 Å². The summed E-state index contributed by atoms with van der Waals surface area (Å²) in [5, 5.41) is 13.7. The highest BCUT2D eigenvalue weighted by Gasteiger charge is 2.18. The van der Waals surface area contributed by atoms with Gasteiger partial charge in [0.1, 0.15) is 5.56 Å². The van der Waals surface area contributed by atoms with Gasteiger partial charge in [0.25, 0.3) is 5.91 Å². The van der Waals surface area contributed by atoms with Crippen LogP contribution in [0.25, 0.3) is 0 Å². The molecule has 0 aromatic carbocycles. The van der Waals surface area contributed by atoms with Gasteiger partial charge in [0.05, 0.1) is 6.61 Å². The third-order valence-electron chi connectivity index (χ3n) is 2.24. The van der Waals surface area contributed by atoms with Crippen LogP contribution in [0.3, 0.4) is 0 Å². The van der Waals surface area contributed by atoms with Crippen LogP contribution in [0.2, 0.25) is 0 Å². The topological polar surface area (TPSA) is 84.8 Å². The van der Waals surface area contributed by atoms with Crippen LogP contribution in [-0.2, 0) is 6.54 Å². The number of hydrogen-bond acceptors (Lipinski definition) is 6. The van der Waals surface area contributed by atoms with Gasteiger partial charge in [0.2, 0.25) is 11.0 Å². The second-order valence-corrected chi connectivity index (χ2v) is 5.17. The van der Waals surface area contributed by atoms with E-state index in [1.807, 2.05) is 13.8 Å². The van der Waals surface area contributed by atoms with Crippen LogP contribution >= 0.6 is 23.6 Å². The Morgan fingerprint density at radius 1 is 1.63 bits per heavy atom. The van der Waals surface area contributed by atoms with Crippen molar-refractivity contribution in [1.29, 1.82) is 0 Å². The molecule has 0 spiro atoms. The van der Waals surface area contributed by atoms with Gasteiger partial charge in [-0.3, -0.25) is 19.9 Å². The summed E-state index contributed by atoms with van der Waals surface area (Å²) >= 11 is 6.09. The van der Waals surface area contributed by atoms with E-state index >= 15 is 0 Å². The molecular formula is C10H13N5O2S2. The molecular weight excluding hydrogens is 286 g/mol. The van der Waals surface area contributed by atoms with Crippen LogP contribution in [-0.4, -0.2) is 32.5 Å². The standard InChI is InChI=1S/C10H13N5O2S2/c1-3-15-5-6(8(14-15)17-4-2)7(16)11-9-12-13-10(18)19-9/h5H,3-4H2,1-2H3,(H,13,18)(H,11,12,16). The molecule has 19 heavy (non-hydrogen) atoms. The monoisotopic (exact) mass is 299 g/mol. The third-order valence-corrected chi connectivity index (χ3v) is 3.24. The minimum Gasteiger partial charge on any atom is -0.476 e. The molecule has 7 nitrogen and oxygen atoms in total. The molecule has 1 amide bonds. The molecule has 0 atom stereocenters. The Bertz CT molecular complexity index is 630. The van der Waals surface area contributed by atoms with E-state index < -0.39 is 0 Å². The number of aromatic amines is 1. The van der Waals surface area contributed by atoms with E-state index in [1.165, 1.54) is 11.3 Å². The summed E-state index contributed by atoms with van der Waals surface area (Å²) in [6, 6.07) is 0. The maximum absolute atomic E-state index is 12.1. The van der Waals surface area contributed by atoms with Gasteiger partial charge < -0.3 is 4.74 Å². The largest absolute Gasteiger partial charge is 0.476 e. The number of amides is 1. The number of rotatable bonds is 5. The molecule has 2 rings (SSSR count). The highest BCUT2D eigenvalue weighted by atomic mass is 32.1. The van der Waals surface area contributed by atoms with Gasteiger partial charge in [-0.2, -0.15) is 0 Å². The Kier molecular flexibility index (Phi) is 4.27. The molecule has 0 radical (unpaired) electrons. The molecule has 0 unspecified atom stereocenters. The van der Waals surface area contributed by atoms with Crippen molar-refractivity contribution in [1.82, 2.24) is 20.0 Å². The van der Waals surface area contributed by atoms with E-state index in [0.717, 1.165) is 0 Å². The molecule has 2 heterocycles. The first-order chi connectivity index (χ1) is 9.13. The summed E-state index contributed by atoms with van der Waals surface area (Å²) in [5.74, 6) is 0.00174. The van der Waals surface area contributed by atoms with Crippen LogP contribution in [0.5, 0.6) is 5.88 Å². The first-order valence-corrected chi connectivity index (χ1v) is 6.93. The average Bonchev–Trinajstić information content (AvgIpc) is 2.96. The van der Waals surface area contributed by atoms with E-state index in [9.17, 15) is 4.79 Å². The highest BCUT2D eigenvalue weighted by Crippen LogP contribution is 2.19. The zero-order valence-corrected chi connectivity index (χ0v) is 12.1. The Balaban J connectivity index is 2.22. The number of hydrogen-bond donors (Lipinski definition) is 2. The first-order valence-electron chi connectivity index (χ1n) is 5.71. The Hall–Kier alpha value is -1.74. The maximum Gasteiger partial charge on any atom is 0.264 e. The molecule has 102 valence electrons. The van der Waals surface area contributed by atoms with E-state index in [2.05, 4.69) is 20.6 Å². The average molecular weight is 299 g/mol. The van der Waals surface area contributed by atoms with Crippen molar-refractivity contribution in [3.05, 3.63) is 15.7 Å². The second-order valence-electron chi connectivity index (χ2n) is 3.51. The number of anilines is 1. The maximum atomic E-state index is 12.1. The van der Waals surface area contributed by atoms with Crippen molar-refractivity contribution in [3.8, 4) is 5.88 Å². The lowest BCUT2D eigenvalue weighted by Crippen LogP contribution is -2.12. The van der Waals surface area contributed by atoms with Crippen molar-refractivity contribution in [2.45, 2.75) is 20.4 Å². The summed E-state index contributed by atoms with van der Waals surface area (Å²) in [4.78, 5) is 12.1. The second kappa shape index (κ2) is 5.93. The number of H-pyrrole nitrogens is 1. The lowest BCUT2D eigenvalue weighted by molar-refractivity contribution is 0.102. The molecule has 2 aromatic heterocycles. The highest BCUT2D eigenvalue weighted by molar-refractivity contribution is 7.73. The molecule has 2 aromatic rings. The Labute approximate surface area is 118 Å². The number of ether oxygens (including phenoxy) is 1. The summed E-state index contributed by atoms with van der Waals surface area (Å²) in [6.45, 7) is 4.88. The Morgan fingerprint density at radius 3 is 3.00 bits per heavy atom. The zero-order chi connectivity index (χ0) is 13.8. The summed E-state index contributed by atoms with van der Waals surface area (Å²) in [5.41, 5.74) is 0.379. The molecule has 0 aliphatic carbocycles. The van der Waals surface area contributed by atoms with Crippen LogP contribution in [0.15, 0.2) is 6.20 Å². The zero-order valence-electron chi connectivity index (χ0n) is 10.5. The van der Waals surface area contributed by atoms with E-state index in [1.54, 1.807) is 10.9 Å². The normalized spacial score (nSPS) is 10.4. The lowest BCUT2D eigenvalue weighted by atomic mass is 10.3. The fourth-order valence-electron chi connectivity index (χ4n) is 1.41. The van der Waals surface area contributed by atoms with E-state index in [-0.39, 0.29) is 5.91 Å². The van der Waals surface area contributed by atoms with Gasteiger partial charge in [0, 0.05) is 12.7 Å². The minimum atomic E-state index is -0.319. The fraction of sp³-hybridized carbons (Fsp3) is 0.400. The smallest absolute Gasteiger partial charge is 0.264 e. The molecule has 9 heteroatoms. The van der Waals surface area contributed by atoms with Crippen molar-refractivity contribution < 1.29 is 9.53 Å². The molecule has 0 saturated carbocycles. The molecule has 0 aliphatic heterocycles. The van der Waals surface area contributed by atoms with Gasteiger partial charge in [-0.25, -0.2) is 0 Å². The summed E-state index contributed by atoms with van der Waals surface area (Å²) in [6.07, 6.45) is 1.65. The molecule has 0 bridgehead atoms. The van der Waals surface area contributed by atoms with Crippen molar-refractivity contribution in [2.75, 3.05) is 11.9 Å². The predicted octanol–water partition coefficient (Wildman–Crippen LogP) is 2.07. The first kappa shape index (κ1) is 13.7. The SMILES string of the molecule is CCOc1nn(CC)cc1C(=O)Nc1n[nH]c(=S)s1. The number of aromatic nitrogens is 4. The van der Waals surface area contributed by atoms with Crippen molar-refractivity contribution >= 4 is 34.6 Å². The summed E-state index contributed by atoms with van der Waals surface area (Å²) < 4.78 is 7.49. The predicted molar refractivity (Wildman–Crippen MR) is 74.3 cm³/mol. The third kappa shape index (κ3) is 3.18. The molecule has 2 N–H and O–H groups in total. The van der Waals surface area contributed by atoms with Gasteiger partial charge in [0.15, 0.2) is 3.95 Å². The Morgan fingerprint density at radius 2 is 2.42 bits per heavy atom. The van der Waals surface area contributed by atoms with Crippen LogP contribution < -0.4 is 10.1 Å². The lowest BCUT2D eigenvalue weighted by Gasteiger charge is -2.01. The van der Waals surface area contributed by atoms with Crippen LogP contribution in [0, 0.1) is 3.95 Å². The number of carbonyl (C=O) groups excluding carboxylic acids is 1. The minimum absolute atomic E-state index is 0.319. The molecule has 0 saturated heterocycles. The molecule has 0 fully saturated rings. The number of nitrogens with zero attached hydrogens (tertiary/aromatic N) is 3. The van der Waals surface area contributed by atoms with Crippen molar-refractivity contribution in [2.24, 2.45) is 0 Å². The number of carbonyl (C=O) groups is 1. The van der Waals surface area contributed by atoms with Gasteiger partial charge in [-0.1, -0.05) is 11.3 Å². The number of aryl methyl sites for hydroxylation is 1. The number of nitrogens with one attached hydrogen (secondary N) is 2. The van der Waals surface area contributed by atoms with Crippen LogP contribution in [0.4, 0.5) is 5.13 Å². The van der Waals surface area contributed by atoms with Gasteiger partial charge in [-0.15, -0.1) is 10.2 Å². The van der Waals surface area contributed by atoms with Gasteiger partial charge in [-0.05, 0) is 26.1 Å². The summed E-state index contributed by atoms with van der Waals surface area (Å²) in [7, 11) is 0. The van der Waals surface area contributed by atoms with E-state index in [4.69, 9.17) is 17.0 Å². The van der Waals surface area contributed by atoms with Crippen molar-refractivity contribution in [3.63, 3.8) is 0 Å². The van der Waals surface area contributed by atoms with E-state index in [0.29, 0.717) is 33.7 Å². The molecule has 0 aliphatic rings. The fourth-order valence-corrected chi connectivity index (χ4v) is 2.20. The quantitative estimate of drug-likeness (QED) is 0.826.